The van der Waals surface area contributed by atoms with Gasteiger partial charge < -0.3 is 14.8 Å². The molecule has 0 aromatic heterocycles. The van der Waals surface area contributed by atoms with Gasteiger partial charge in [-0.2, -0.15) is 0 Å². The number of fused-ring (bicyclic) bond motifs is 1. The molecule has 7 nitrogen and oxygen atoms in total. The van der Waals surface area contributed by atoms with Crippen LogP contribution in [0.5, 0.6) is 11.5 Å². The van der Waals surface area contributed by atoms with Gasteiger partial charge in [0.25, 0.3) is 15.9 Å². The quantitative estimate of drug-likeness (QED) is 0.477. The van der Waals surface area contributed by atoms with E-state index in [2.05, 4.69) is 26.1 Å². The molecule has 0 spiro atoms. The number of benzene rings is 3. The van der Waals surface area contributed by atoms with Crippen molar-refractivity contribution in [1.29, 1.82) is 0 Å². The van der Waals surface area contributed by atoms with Crippen molar-refractivity contribution in [1.82, 2.24) is 5.32 Å². The van der Waals surface area contributed by atoms with E-state index in [4.69, 9.17) is 9.47 Å². The van der Waals surface area contributed by atoms with E-state index in [-0.39, 0.29) is 30.0 Å². The molecule has 0 saturated carbocycles. The molecule has 8 heteroatoms. The van der Waals surface area contributed by atoms with Gasteiger partial charge >= 0.3 is 0 Å². The van der Waals surface area contributed by atoms with E-state index in [1.165, 1.54) is 4.31 Å². The number of rotatable bonds is 7. The number of nitrogens with one attached hydrogen (secondary N) is 1. The van der Waals surface area contributed by atoms with Crippen LogP contribution in [-0.2, 0) is 20.2 Å². The molecule has 0 fully saturated rings. The van der Waals surface area contributed by atoms with Crippen molar-refractivity contribution in [2.75, 3.05) is 24.0 Å². The zero-order valence-electron chi connectivity index (χ0n) is 21.0. The van der Waals surface area contributed by atoms with E-state index in [1.807, 2.05) is 31.2 Å². The second kappa shape index (κ2) is 10.2. The van der Waals surface area contributed by atoms with E-state index in [0.717, 1.165) is 16.9 Å². The summed E-state index contributed by atoms with van der Waals surface area (Å²) in [5.41, 5.74) is 2.38. The summed E-state index contributed by atoms with van der Waals surface area (Å²) in [5.74, 6) is 0.716. The molecule has 190 valence electrons. The first-order chi connectivity index (χ1) is 17.1. The molecule has 1 aliphatic rings. The predicted molar refractivity (Wildman–Crippen MR) is 140 cm³/mol. The molecule has 3 aromatic rings. The number of carbonyl (C=O) groups is 1. The molecule has 0 radical (unpaired) electrons. The summed E-state index contributed by atoms with van der Waals surface area (Å²) in [6, 6.07) is 21.3. The molecule has 1 amide bonds. The van der Waals surface area contributed by atoms with E-state index in [9.17, 15) is 13.2 Å². The average Bonchev–Trinajstić information content (AvgIpc) is 2.85. The van der Waals surface area contributed by atoms with E-state index >= 15 is 0 Å². The van der Waals surface area contributed by atoms with Crippen LogP contribution in [0.3, 0.4) is 0 Å². The standard InChI is InChI=1S/C28H32N2O5S/c1-20-13-15-21(16-14-20)36(32,33)30-19-26(35-25-12-8-6-10-23(25)30)27(31)29-17-18-34-24-11-7-5-9-22(24)28(2,3)4/h5-16,26H,17-19H2,1-4H3,(H,29,31)/t26-/m1/s1. The number of aryl methyl sites for hydroxylation is 1. The molecule has 1 aliphatic heterocycles. The number of hydrogen-bond donors (Lipinski definition) is 1. The summed E-state index contributed by atoms with van der Waals surface area (Å²) in [7, 11) is -3.89. The number of para-hydroxylation sites is 3. The molecule has 0 unspecified atom stereocenters. The molecular formula is C28H32N2O5S. The summed E-state index contributed by atoms with van der Waals surface area (Å²) >= 11 is 0. The summed E-state index contributed by atoms with van der Waals surface area (Å²) < 4.78 is 40.0. The monoisotopic (exact) mass is 508 g/mol. The Hall–Kier alpha value is -3.52. The molecule has 3 aromatic carbocycles. The third-order valence-electron chi connectivity index (χ3n) is 5.99. The van der Waals surface area contributed by atoms with Gasteiger partial charge in [-0.25, -0.2) is 8.42 Å². The van der Waals surface area contributed by atoms with E-state index in [1.54, 1.807) is 48.5 Å². The van der Waals surface area contributed by atoms with Crippen LogP contribution in [0.25, 0.3) is 0 Å². The maximum absolute atomic E-state index is 13.5. The van der Waals surface area contributed by atoms with Crippen molar-refractivity contribution >= 4 is 21.6 Å². The molecule has 1 heterocycles. The van der Waals surface area contributed by atoms with Crippen molar-refractivity contribution in [3.8, 4) is 11.5 Å². The number of sulfonamides is 1. The van der Waals surface area contributed by atoms with Gasteiger partial charge in [-0.3, -0.25) is 9.10 Å². The van der Waals surface area contributed by atoms with Crippen LogP contribution >= 0.6 is 0 Å². The van der Waals surface area contributed by atoms with Crippen molar-refractivity contribution in [3.05, 3.63) is 83.9 Å². The number of anilines is 1. The highest BCUT2D eigenvalue weighted by Gasteiger charge is 2.37. The maximum Gasteiger partial charge on any atom is 0.264 e. The maximum atomic E-state index is 13.5. The van der Waals surface area contributed by atoms with Gasteiger partial charge in [-0.15, -0.1) is 0 Å². The first-order valence-corrected chi connectivity index (χ1v) is 13.4. The van der Waals surface area contributed by atoms with Gasteiger partial charge in [0, 0.05) is 0 Å². The Morgan fingerprint density at radius 1 is 1.03 bits per heavy atom. The van der Waals surface area contributed by atoms with Crippen molar-refractivity contribution in [2.45, 2.75) is 44.1 Å². The predicted octanol–water partition coefficient (Wildman–Crippen LogP) is 4.44. The molecular weight excluding hydrogens is 476 g/mol. The molecule has 1 atom stereocenters. The zero-order chi connectivity index (χ0) is 25.9. The largest absolute Gasteiger partial charge is 0.491 e. The average molecular weight is 509 g/mol. The van der Waals surface area contributed by atoms with Crippen LogP contribution in [0, 0.1) is 6.92 Å². The Morgan fingerprint density at radius 3 is 2.42 bits per heavy atom. The first-order valence-electron chi connectivity index (χ1n) is 11.9. The van der Waals surface area contributed by atoms with Crippen LogP contribution in [-0.4, -0.2) is 40.1 Å². The fraction of sp³-hybridized carbons (Fsp3) is 0.321. The molecule has 0 saturated heterocycles. The van der Waals surface area contributed by atoms with Crippen LogP contribution < -0.4 is 19.1 Å². The lowest BCUT2D eigenvalue weighted by atomic mass is 9.86. The lowest BCUT2D eigenvalue weighted by Gasteiger charge is -2.34. The van der Waals surface area contributed by atoms with Crippen LogP contribution in [0.1, 0.15) is 31.9 Å². The zero-order valence-corrected chi connectivity index (χ0v) is 21.8. The molecule has 1 N–H and O–H groups in total. The summed E-state index contributed by atoms with van der Waals surface area (Å²) in [6.07, 6.45) is -0.998. The van der Waals surface area contributed by atoms with Crippen molar-refractivity contribution in [3.63, 3.8) is 0 Å². The first kappa shape index (κ1) is 25.6. The highest BCUT2D eigenvalue weighted by atomic mass is 32.2. The van der Waals surface area contributed by atoms with Gasteiger partial charge in [-0.05, 0) is 48.2 Å². The van der Waals surface area contributed by atoms with Crippen LogP contribution in [0.4, 0.5) is 5.69 Å². The fourth-order valence-corrected chi connectivity index (χ4v) is 5.54. The lowest BCUT2D eigenvalue weighted by molar-refractivity contribution is -0.127. The number of ether oxygens (including phenoxy) is 2. The van der Waals surface area contributed by atoms with Crippen LogP contribution in [0.2, 0.25) is 0 Å². The summed E-state index contributed by atoms with van der Waals surface area (Å²) in [4.78, 5) is 13.1. The highest BCUT2D eigenvalue weighted by Crippen LogP contribution is 2.37. The normalized spacial score (nSPS) is 15.6. The topological polar surface area (TPSA) is 84.9 Å². The highest BCUT2D eigenvalue weighted by molar-refractivity contribution is 7.92. The molecule has 4 rings (SSSR count). The minimum Gasteiger partial charge on any atom is -0.491 e. The van der Waals surface area contributed by atoms with Gasteiger partial charge in [0.15, 0.2) is 6.10 Å². The Labute approximate surface area is 213 Å². The second-order valence-electron chi connectivity index (χ2n) is 9.81. The smallest absolute Gasteiger partial charge is 0.264 e. The number of amides is 1. The second-order valence-corrected chi connectivity index (χ2v) is 11.7. The van der Waals surface area contributed by atoms with E-state index < -0.39 is 22.0 Å². The lowest BCUT2D eigenvalue weighted by Crippen LogP contribution is -2.51. The van der Waals surface area contributed by atoms with E-state index in [0.29, 0.717) is 11.4 Å². The Morgan fingerprint density at radius 2 is 1.69 bits per heavy atom. The van der Waals surface area contributed by atoms with Gasteiger partial charge in [0.05, 0.1) is 23.7 Å². The minimum absolute atomic E-state index is 0.0738. The van der Waals surface area contributed by atoms with Crippen molar-refractivity contribution in [2.24, 2.45) is 0 Å². The summed E-state index contributed by atoms with van der Waals surface area (Å²) in [6.45, 7) is 8.64. The van der Waals surface area contributed by atoms with Crippen LogP contribution in [0.15, 0.2) is 77.7 Å². The Bertz CT molecular complexity index is 1330. The van der Waals surface area contributed by atoms with Crippen molar-refractivity contribution < 1.29 is 22.7 Å². The third kappa shape index (κ3) is 5.49. The third-order valence-corrected chi connectivity index (χ3v) is 7.78. The SMILES string of the molecule is Cc1ccc(S(=O)(=O)N2C[C@H](C(=O)NCCOc3ccccc3C(C)(C)C)Oc3ccccc32)cc1. The Kier molecular flexibility index (Phi) is 7.26. The fourth-order valence-electron chi connectivity index (χ4n) is 4.07. The number of hydrogen-bond acceptors (Lipinski definition) is 5. The van der Waals surface area contributed by atoms with Gasteiger partial charge in [0.1, 0.15) is 18.1 Å². The van der Waals surface area contributed by atoms with Gasteiger partial charge in [-0.1, -0.05) is 68.8 Å². The van der Waals surface area contributed by atoms with Gasteiger partial charge in [0.2, 0.25) is 0 Å². The number of carbonyl (C=O) groups excluding carboxylic acids is 1. The number of nitrogens with zero attached hydrogens (tertiary/aromatic N) is 1. The molecule has 0 aliphatic carbocycles. The molecule has 36 heavy (non-hydrogen) atoms. The minimum atomic E-state index is -3.89. The molecule has 0 bridgehead atoms. The Balaban J connectivity index is 1.45. The summed E-state index contributed by atoms with van der Waals surface area (Å²) in [5, 5.41) is 2.82.